The number of carboxylic acid groups (broad SMARTS) is 1. The summed E-state index contributed by atoms with van der Waals surface area (Å²) < 4.78 is 0. The molecule has 1 aromatic carbocycles. The van der Waals surface area contributed by atoms with Gasteiger partial charge in [-0.05, 0) is 24.8 Å². The molecule has 1 unspecified atom stereocenters. The number of benzene rings is 1. The highest BCUT2D eigenvalue weighted by molar-refractivity contribution is 5.78. The minimum atomic E-state index is -1.01. The van der Waals surface area contributed by atoms with E-state index in [0.29, 0.717) is 19.3 Å². The standard InChI is InChI=1S/C16H20O2/c1-3-5-12-16(4-2,15(17)18)13-11-14-9-7-6-8-10-14/h2,6-10H,3,5,11-13H2,1H3,(H,17,18). The summed E-state index contributed by atoms with van der Waals surface area (Å²) in [5, 5.41) is 9.39. The molecule has 96 valence electrons. The summed E-state index contributed by atoms with van der Waals surface area (Å²) in [5.41, 5.74) is 0.126. The number of carboxylic acids is 1. The van der Waals surface area contributed by atoms with Crippen LogP contribution in [0, 0.1) is 17.8 Å². The third-order valence-electron chi connectivity index (χ3n) is 3.33. The zero-order chi connectivity index (χ0) is 13.4. The zero-order valence-corrected chi connectivity index (χ0v) is 10.9. The highest BCUT2D eigenvalue weighted by Gasteiger charge is 2.35. The molecule has 0 saturated heterocycles. The lowest BCUT2D eigenvalue weighted by Crippen LogP contribution is -2.30. The molecule has 0 aliphatic heterocycles. The Bertz CT molecular complexity index is 416. The van der Waals surface area contributed by atoms with Crippen LogP contribution in [0.25, 0.3) is 0 Å². The minimum Gasteiger partial charge on any atom is -0.480 e. The van der Waals surface area contributed by atoms with Crippen molar-refractivity contribution in [2.24, 2.45) is 5.41 Å². The number of carbonyl (C=O) groups is 1. The fourth-order valence-electron chi connectivity index (χ4n) is 2.03. The first kappa shape index (κ1) is 14.3. The maximum Gasteiger partial charge on any atom is 0.321 e. The van der Waals surface area contributed by atoms with Crippen LogP contribution in [0.5, 0.6) is 0 Å². The van der Waals surface area contributed by atoms with E-state index < -0.39 is 11.4 Å². The van der Waals surface area contributed by atoms with Crippen LogP contribution in [0.3, 0.4) is 0 Å². The van der Waals surface area contributed by atoms with Gasteiger partial charge in [-0.1, -0.05) is 56.0 Å². The molecule has 0 fully saturated rings. The lowest BCUT2D eigenvalue weighted by molar-refractivity contribution is -0.146. The van der Waals surface area contributed by atoms with Gasteiger partial charge in [0.1, 0.15) is 5.41 Å². The highest BCUT2D eigenvalue weighted by atomic mass is 16.4. The van der Waals surface area contributed by atoms with E-state index in [4.69, 9.17) is 6.42 Å². The smallest absolute Gasteiger partial charge is 0.321 e. The molecule has 1 aromatic rings. The first-order valence-corrected chi connectivity index (χ1v) is 6.39. The highest BCUT2D eigenvalue weighted by Crippen LogP contribution is 2.30. The van der Waals surface area contributed by atoms with E-state index in [2.05, 4.69) is 5.92 Å². The molecule has 0 radical (unpaired) electrons. The van der Waals surface area contributed by atoms with Crippen molar-refractivity contribution < 1.29 is 9.90 Å². The van der Waals surface area contributed by atoms with Gasteiger partial charge in [-0.2, -0.15) is 0 Å². The number of unbranched alkanes of at least 4 members (excludes halogenated alkanes) is 1. The predicted molar refractivity (Wildman–Crippen MR) is 73.2 cm³/mol. The second kappa shape index (κ2) is 6.86. The van der Waals surface area contributed by atoms with Gasteiger partial charge in [-0.15, -0.1) is 6.42 Å². The minimum absolute atomic E-state index is 0.503. The SMILES string of the molecule is C#CC(CCCC)(CCc1ccccc1)C(=O)O. The normalized spacial score (nSPS) is 13.6. The molecule has 0 bridgehead atoms. The van der Waals surface area contributed by atoms with Crippen molar-refractivity contribution in [1.82, 2.24) is 0 Å². The number of aryl methyl sites for hydroxylation is 1. The van der Waals surface area contributed by atoms with Crippen LogP contribution in [-0.4, -0.2) is 11.1 Å². The van der Waals surface area contributed by atoms with Crippen LogP contribution in [-0.2, 0) is 11.2 Å². The Hall–Kier alpha value is -1.75. The monoisotopic (exact) mass is 244 g/mol. The molecule has 0 heterocycles. The van der Waals surface area contributed by atoms with E-state index in [9.17, 15) is 9.90 Å². The molecule has 0 aliphatic carbocycles. The zero-order valence-electron chi connectivity index (χ0n) is 10.9. The molecule has 2 nitrogen and oxygen atoms in total. The van der Waals surface area contributed by atoms with E-state index in [-0.39, 0.29) is 0 Å². The number of hydrogen-bond acceptors (Lipinski definition) is 1. The van der Waals surface area contributed by atoms with Crippen molar-refractivity contribution in [2.75, 3.05) is 0 Å². The van der Waals surface area contributed by atoms with Crippen molar-refractivity contribution in [3.8, 4) is 12.3 Å². The second-order valence-electron chi connectivity index (χ2n) is 4.62. The van der Waals surface area contributed by atoms with Gasteiger partial charge in [0.2, 0.25) is 0 Å². The molecule has 1 rings (SSSR count). The Morgan fingerprint density at radius 2 is 2.00 bits per heavy atom. The van der Waals surface area contributed by atoms with Crippen LogP contribution < -0.4 is 0 Å². The van der Waals surface area contributed by atoms with Crippen LogP contribution >= 0.6 is 0 Å². The molecular formula is C16H20O2. The van der Waals surface area contributed by atoms with Crippen molar-refractivity contribution in [1.29, 1.82) is 0 Å². The summed E-state index contributed by atoms with van der Waals surface area (Å²) in [6.45, 7) is 2.04. The Kier molecular flexibility index (Phi) is 5.45. The summed E-state index contributed by atoms with van der Waals surface area (Å²) in [4.78, 5) is 11.4. The Balaban J connectivity index is 2.73. The lowest BCUT2D eigenvalue weighted by atomic mass is 9.78. The van der Waals surface area contributed by atoms with Gasteiger partial charge in [0.15, 0.2) is 0 Å². The molecule has 0 saturated carbocycles. The first-order chi connectivity index (χ1) is 8.64. The van der Waals surface area contributed by atoms with Gasteiger partial charge in [0.05, 0.1) is 0 Å². The van der Waals surface area contributed by atoms with Crippen LogP contribution in [0.15, 0.2) is 30.3 Å². The average molecular weight is 244 g/mol. The first-order valence-electron chi connectivity index (χ1n) is 6.39. The lowest BCUT2D eigenvalue weighted by Gasteiger charge is -2.23. The van der Waals surface area contributed by atoms with E-state index in [1.54, 1.807) is 0 Å². The van der Waals surface area contributed by atoms with E-state index >= 15 is 0 Å². The molecular weight excluding hydrogens is 224 g/mol. The Morgan fingerprint density at radius 1 is 1.33 bits per heavy atom. The van der Waals surface area contributed by atoms with Gasteiger partial charge in [0, 0.05) is 0 Å². The van der Waals surface area contributed by atoms with Crippen molar-refractivity contribution in [2.45, 2.75) is 39.0 Å². The summed E-state index contributed by atoms with van der Waals surface area (Å²) in [5.74, 6) is 1.65. The van der Waals surface area contributed by atoms with Gasteiger partial charge in [-0.25, -0.2) is 0 Å². The fraction of sp³-hybridized carbons (Fsp3) is 0.438. The summed E-state index contributed by atoms with van der Waals surface area (Å²) in [6.07, 6.45) is 9.07. The Labute approximate surface area is 109 Å². The summed E-state index contributed by atoms with van der Waals surface area (Å²) in [7, 11) is 0. The van der Waals surface area contributed by atoms with Crippen molar-refractivity contribution in [3.05, 3.63) is 35.9 Å². The molecule has 2 heteroatoms. The molecule has 0 aromatic heterocycles. The Morgan fingerprint density at radius 3 is 2.50 bits per heavy atom. The molecule has 1 N–H and O–H groups in total. The summed E-state index contributed by atoms with van der Waals surface area (Å²) in [6, 6.07) is 9.87. The van der Waals surface area contributed by atoms with Gasteiger partial charge >= 0.3 is 5.97 Å². The topological polar surface area (TPSA) is 37.3 Å². The van der Waals surface area contributed by atoms with Gasteiger partial charge < -0.3 is 5.11 Å². The predicted octanol–water partition coefficient (Wildman–Crippen LogP) is 3.51. The van der Waals surface area contributed by atoms with E-state index in [1.165, 1.54) is 0 Å². The van der Waals surface area contributed by atoms with Crippen LogP contribution in [0.1, 0.15) is 38.2 Å². The quantitative estimate of drug-likeness (QED) is 0.745. The maximum atomic E-state index is 11.4. The maximum absolute atomic E-state index is 11.4. The number of terminal acetylenes is 1. The third-order valence-corrected chi connectivity index (χ3v) is 3.33. The number of aliphatic carboxylic acids is 1. The summed E-state index contributed by atoms with van der Waals surface area (Å²) >= 11 is 0. The second-order valence-corrected chi connectivity index (χ2v) is 4.62. The molecule has 1 atom stereocenters. The fourth-order valence-corrected chi connectivity index (χ4v) is 2.03. The van der Waals surface area contributed by atoms with Gasteiger partial charge in [0.25, 0.3) is 0 Å². The average Bonchev–Trinajstić information content (AvgIpc) is 2.40. The molecule has 0 spiro atoms. The third kappa shape index (κ3) is 3.63. The molecule has 18 heavy (non-hydrogen) atoms. The molecule has 0 amide bonds. The van der Waals surface area contributed by atoms with E-state index in [0.717, 1.165) is 18.4 Å². The van der Waals surface area contributed by atoms with Crippen molar-refractivity contribution in [3.63, 3.8) is 0 Å². The van der Waals surface area contributed by atoms with E-state index in [1.807, 2.05) is 37.3 Å². The molecule has 0 aliphatic rings. The van der Waals surface area contributed by atoms with Crippen LogP contribution in [0.2, 0.25) is 0 Å². The van der Waals surface area contributed by atoms with Crippen molar-refractivity contribution >= 4 is 5.97 Å². The van der Waals surface area contributed by atoms with Gasteiger partial charge in [-0.3, -0.25) is 4.79 Å². The number of hydrogen-bond donors (Lipinski definition) is 1. The largest absolute Gasteiger partial charge is 0.480 e. The van der Waals surface area contributed by atoms with Crippen LogP contribution in [0.4, 0.5) is 0 Å². The number of rotatable bonds is 7.